The minimum atomic E-state index is -0.967. The number of hydrogen-bond acceptors (Lipinski definition) is 4. The molecule has 0 fully saturated rings. The fourth-order valence-corrected chi connectivity index (χ4v) is 1.42. The second-order valence-corrected chi connectivity index (χ2v) is 3.88. The van der Waals surface area contributed by atoms with Gasteiger partial charge in [-0.2, -0.15) is 0 Å². The molecule has 0 heterocycles. The van der Waals surface area contributed by atoms with Gasteiger partial charge in [-0.15, -0.1) is 0 Å². The first-order chi connectivity index (χ1) is 8.99. The number of methoxy groups -OCH3 is 2. The maximum absolute atomic E-state index is 13.2. The Morgan fingerprint density at radius 1 is 1.37 bits per heavy atom. The molecule has 0 spiro atoms. The van der Waals surface area contributed by atoms with Gasteiger partial charge in [0.25, 0.3) is 5.91 Å². The minimum absolute atomic E-state index is 0.142. The monoisotopic (exact) mass is 274 g/mol. The Morgan fingerprint density at radius 3 is 2.42 bits per heavy atom. The number of rotatable bonds is 6. The van der Waals surface area contributed by atoms with E-state index in [0.29, 0.717) is 6.61 Å². The first kappa shape index (κ1) is 15.3. The van der Waals surface area contributed by atoms with Crippen molar-refractivity contribution in [1.29, 1.82) is 0 Å². The van der Waals surface area contributed by atoms with E-state index >= 15 is 0 Å². The van der Waals surface area contributed by atoms with E-state index in [4.69, 9.17) is 15.2 Å². The summed E-state index contributed by atoms with van der Waals surface area (Å²) in [6, 6.07) is 1.76. The van der Waals surface area contributed by atoms with Crippen molar-refractivity contribution in [3.8, 4) is 0 Å². The molecular weight excluding hydrogens is 258 g/mol. The highest BCUT2D eigenvalue weighted by molar-refractivity contribution is 5.94. The molecule has 19 heavy (non-hydrogen) atoms. The molecule has 0 aliphatic carbocycles. The molecule has 1 amide bonds. The van der Waals surface area contributed by atoms with Gasteiger partial charge in [0, 0.05) is 26.3 Å². The predicted molar refractivity (Wildman–Crippen MR) is 65.8 cm³/mol. The van der Waals surface area contributed by atoms with Crippen LogP contribution in [0.25, 0.3) is 0 Å². The summed E-state index contributed by atoms with van der Waals surface area (Å²) in [6.45, 7) is 0.456. The van der Waals surface area contributed by atoms with E-state index in [1.807, 2.05) is 0 Å². The van der Waals surface area contributed by atoms with Crippen LogP contribution < -0.4 is 11.1 Å². The molecule has 106 valence electrons. The molecule has 1 unspecified atom stereocenters. The van der Waals surface area contributed by atoms with Crippen molar-refractivity contribution in [2.45, 2.75) is 6.10 Å². The van der Waals surface area contributed by atoms with Crippen molar-refractivity contribution < 1.29 is 23.0 Å². The summed E-state index contributed by atoms with van der Waals surface area (Å²) < 4.78 is 36.3. The van der Waals surface area contributed by atoms with Gasteiger partial charge in [-0.05, 0) is 12.1 Å². The van der Waals surface area contributed by atoms with Gasteiger partial charge in [0.15, 0.2) is 0 Å². The zero-order valence-corrected chi connectivity index (χ0v) is 10.7. The van der Waals surface area contributed by atoms with E-state index < -0.39 is 23.2 Å². The van der Waals surface area contributed by atoms with Crippen LogP contribution in [0, 0.1) is 11.6 Å². The lowest BCUT2D eigenvalue weighted by molar-refractivity contribution is 0.0285. The fraction of sp³-hybridized carbons (Fsp3) is 0.417. The largest absolute Gasteiger partial charge is 0.394 e. The summed E-state index contributed by atoms with van der Waals surface area (Å²) in [7, 11) is 2.97. The van der Waals surface area contributed by atoms with Crippen LogP contribution in [0.15, 0.2) is 12.1 Å². The highest BCUT2D eigenvalue weighted by Crippen LogP contribution is 2.17. The smallest absolute Gasteiger partial charge is 0.251 e. The van der Waals surface area contributed by atoms with Crippen LogP contribution in [0.2, 0.25) is 0 Å². The molecule has 3 N–H and O–H groups in total. The zero-order chi connectivity index (χ0) is 14.4. The predicted octanol–water partition coefficient (Wildman–Crippen LogP) is 0.938. The minimum Gasteiger partial charge on any atom is -0.394 e. The van der Waals surface area contributed by atoms with E-state index in [1.54, 1.807) is 0 Å². The summed E-state index contributed by atoms with van der Waals surface area (Å²) in [4.78, 5) is 11.7. The van der Waals surface area contributed by atoms with E-state index in [1.165, 1.54) is 14.2 Å². The molecule has 0 saturated heterocycles. The average molecular weight is 274 g/mol. The highest BCUT2D eigenvalue weighted by Gasteiger charge is 2.14. The van der Waals surface area contributed by atoms with Crippen molar-refractivity contribution >= 4 is 11.6 Å². The van der Waals surface area contributed by atoms with E-state index in [9.17, 15) is 13.6 Å². The van der Waals surface area contributed by atoms with Crippen LogP contribution in [-0.4, -0.2) is 39.4 Å². The van der Waals surface area contributed by atoms with E-state index in [0.717, 1.165) is 12.1 Å². The van der Waals surface area contributed by atoms with Gasteiger partial charge in [0.2, 0.25) is 0 Å². The second kappa shape index (κ2) is 7.01. The first-order valence-electron chi connectivity index (χ1n) is 5.54. The van der Waals surface area contributed by atoms with Gasteiger partial charge in [0.05, 0.1) is 12.7 Å². The Hall–Kier alpha value is -1.73. The number of carbonyl (C=O) groups is 1. The van der Waals surface area contributed by atoms with Crippen molar-refractivity contribution in [3.63, 3.8) is 0 Å². The molecule has 5 nitrogen and oxygen atoms in total. The normalized spacial score (nSPS) is 12.2. The molecule has 0 aliphatic heterocycles. The summed E-state index contributed by atoms with van der Waals surface area (Å²) >= 11 is 0. The number of ether oxygens (including phenoxy) is 2. The molecule has 1 atom stereocenters. The van der Waals surface area contributed by atoms with Gasteiger partial charge in [-0.1, -0.05) is 0 Å². The quantitative estimate of drug-likeness (QED) is 0.757. The molecule has 0 aliphatic rings. The van der Waals surface area contributed by atoms with Gasteiger partial charge in [-0.3, -0.25) is 4.79 Å². The summed E-state index contributed by atoms with van der Waals surface area (Å²) in [5.41, 5.74) is 4.37. The Kier molecular flexibility index (Phi) is 5.65. The van der Waals surface area contributed by atoms with Crippen LogP contribution in [0.3, 0.4) is 0 Å². The average Bonchev–Trinajstić information content (AvgIpc) is 2.39. The van der Waals surface area contributed by atoms with Crippen molar-refractivity contribution in [2.75, 3.05) is 33.1 Å². The van der Waals surface area contributed by atoms with E-state index in [-0.39, 0.29) is 18.2 Å². The Bertz CT molecular complexity index is 432. The third-order valence-corrected chi connectivity index (χ3v) is 2.52. The SMILES string of the molecule is COCC(CNC(=O)c1cc(F)c(N)c(F)c1)OC. The lowest BCUT2D eigenvalue weighted by Gasteiger charge is -2.15. The van der Waals surface area contributed by atoms with Crippen molar-refractivity contribution in [3.05, 3.63) is 29.3 Å². The zero-order valence-electron chi connectivity index (χ0n) is 10.7. The van der Waals surface area contributed by atoms with Gasteiger partial charge < -0.3 is 20.5 Å². The number of anilines is 1. The molecule has 1 aromatic rings. The van der Waals surface area contributed by atoms with Crippen molar-refractivity contribution in [2.24, 2.45) is 0 Å². The molecule has 0 saturated carbocycles. The van der Waals surface area contributed by atoms with Crippen LogP contribution in [0.5, 0.6) is 0 Å². The third-order valence-electron chi connectivity index (χ3n) is 2.52. The number of hydrogen-bond donors (Lipinski definition) is 2. The fourth-order valence-electron chi connectivity index (χ4n) is 1.42. The topological polar surface area (TPSA) is 73.6 Å². The third kappa shape index (κ3) is 4.15. The number of halogens is 2. The van der Waals surface area contributed by atoms with Gasteiger partial charge in [0.1, 0.15) is 17.3 Å². The number of benzene rings is 1. The van der Waals surface area contributed by atoms with Crippen LogP contribution in [-0.2, 0) is 9.47 Å². The van der Waals surface area contributed by atoms with Crippen LogP contribution >= 0.6 is 0 Å². The number of amides is 1. The van der Waals surface area contributed by atoms with Crippen molar-refractivity contribution in [1.82, 2.24) is 5.32 Å². The molecule has 1 aromatic carbocycles. The summed E-state index contributed by atoms with van der Waals surface area (Å²) in [5.74, 6) is -2.55. The number of nitrogens with one attached hydrogen (secondary N) is 1. The van der Waals surface area contributed by atoms with Gasteiger partial charge >= 0.3 is 0 Å². The number of nitrogen functional groups attached to an aromatic ring is 1. The van der Waals surface area contributed by atoms with Crippen LogP contribution in [0.1, 0.15) is 10.4 Å². The molecule has 7 heteroatoms. The maximum Gasteiger partial charge on any atom is 0.251 e. The molecule has 0 radical (unpaired) electrons. The highest BCUT2D eigenvalue weighted by atomic mass is 19.1. The lowest BCUT2D eigenvalue weighted by atomic mass is 10.1. The summed E-state index contributed by atoms with van der Waals surface area (Å²) in [6.07, 6.45) is -0.336. The maximum atomic E-state index is 13.2. The van der Waals surface area contributed by atoms with E-state index in [2.05, 4.69) is 5.32 Å². The standard InChI is InChI=1S/C12H16F2N2O3/c1-18-6-8(19-2)5-16-12(17)7-3-9(13)11(15)10(14)4-7/h3-4,8H,5-6,15H2,1-2H3,(H,16,17). The Morgan fingerprint density at radius 2 is 1.95 bits per heavy atom. The Balaban J connectivity index is 2.68. The molecule has 0 bridgehead atoms. The first-order valence-corrected chi connectivity index (χ1v) is 5.54. The molecule has 1 rings (SSSR count). The molecular formula is C12H16F2N2O3. The lowest BCUT2D eigenvalue weighted by Crippen LogP contribution is -2.35. The Labute approximate surface area is 109 Å². The number of carbonyl (C=O) groups excluding carboxylic acids is 1. The second-order valence-electron chi connectivity index (χ2n) is 3.88. The van der Waals surface area contributed by atoms with Crippen LogP contribution in [0.4, 0.5) is 14.5 Å². The molecule has 0 aromatic heterocycles. The van der Waals surface area contributed by atoms with Gasteiger partial charge in [-0.25, -0.2) is 8.78 Å². The number of nitrogens with two attached hydrogens (primary N) is 1. The summed E-state index contributed by atoms with van der Waals surface area (Å²) in [5, 5.41) is 2.49.